The van der Waals surface area contributed by atoms with Crippen molar-refractivity contribution >= 4 is 5.97 Å². The SMILES string of the molecule is COC(=O)CCN1C[C@@H]2CC1CN2Cc1ccccc1. The van der Waals surface area contributed by atoms with Crippen molar-refractivity contribution in [1.82, 2.24) is 9.80 Å². The molecule has 1 aromatic rings. The number of nitrogens with zero attached hydrogens (tertiary/aromatic N) is 2. The fraction of sp³-hybridized carbons (Fsp3) is 0.562. The second-order valence-corrected chi connectivity index (χ2v) is 5.78. The van der Waals surface area contributed by atoms with Crippen LogP contribution in [0.5, 0.6) is 0 Å². The lowest BCUT2D eigenvalue weighted by atomic mass is 10.2. The highest BCUT2D eigenvalue weighted by Gasteiger charge is 2.42. The van der Waals surface area contributed by atoms with Gasteiger partial charge in [0.1, 0.15) is 0 Å². The van der Waals surface area contributed by atoms with Crippen LogP contribution in [0.3, 0.4) is 0 Å². The average Bonchev–Trinajstić information content (AvgIpc) is 3.05. The molecule has 0 amide bonds. The van der Waals surface area contributed by atoms with E-state index in [1.165, 1.54) is 19.1 Å². The smallest absolute Gasteiger partial charge is 0.306 e. The summed E-state index contributed by atoms with van der Waals surface area (Å²) in [6.45, 7) is 4.11. The monoisotopic (exact) mass is 274 g/mol. The summed E-state index contributed by atoms with van der Waals surface area (Å²) in [6.07, 6.45) is 1.76. The van der Waals surface area contributed by atoms with Crippen LogP contribution in [0.1, 0.15) is 18.4 Å². The van der Waals surface area contributed by atoms with Gasteiger partial charge in [-0.15, -0.1) is 0 Å². The predicted octanol–water partition coefficient (Wildman–Crippen LogP) is 1.51. The largest absolute Gasteiger partial charge is 0.469 e. The topological polar surface area (TPSA) is 32.8 Å². The van der Waals surface area contributed by atoms with Gasteiger partial charge in [-0.25, -0.2) is 0 Å². The number of methoxy groups -OCH3 is 1. The van der Waals surface area contributed by atoms with Crippen molar-refractivity contribution in [2.45, 2.75) is 31.5 Å². The molecule has 108 valence electrons. The van der Waals surface area contributed by atoms with Crippen molar-refractivity contribution in [1.29, 1.82) is 0 Å². The molecule has 2 fully saturated rings. The highest BCUT2D eigenvalue weighted by Crippen LogP contribution is 2.31. The summed E-state index contributed by atoms with van der Waals surface area (Å²) >= 11 is 0. The van der Waals surface area contributed by atoms with Crippen LogP contribution in [-0.2, 0) is 16.1 Å². The molecule has 3 rings (SSSR count). The van der Waals surface area contributed by atoms with Gasteiger partial charge < -0.3 is 4.74 Å². The molecule has 0 N–H and O–H groups in total. The zero-order valence-corrected chi connectivity index (χ0v) is 12.0. The fourth-order valence-corrected chi connectivity index (χ4v) is 3.45. The minimum atomic E-state index is -0.103. The molecule has 2 aliphatic rings. The summed E-state index contributed by atoms with van der Waals surface area (Å²) in [7, 11) is 1.46. The van der Waals surface area contributed by atoms with Gasteiger partial charge in [-0.05, 0) is 12.0 Å². The molecule has 0 aliphatic carbocycles. The molecule has 0 spiro atoms. The van der Waals surface area contributed by atoms with Gasteiger partial charge in [-0.1, -0.05) is 30.3 Å². The number of likely N-dealkylation sites (tertiary alicyclic amines) is 2. The maximum Gasteiger partial charge on any atom is 0.306 e. The van der Waals surface area contributed by atoms with E-state index in [0.29, 0.717) is 18.5 Å². The van der Waals surface area contributed by atoms with Gasteiger partial charge in [-0.3, -0.25) is 14.6 Å². The second kappa shape index (κ2) is 5.94. The number of piperazine rings is 1. The Bertz CT molecular complexity index is 463. The van der Waals surface area contributed by atoms with Gasteiger partial charge in [0.2, 0.25) is 0 Å². The van der Waals surface area contributed by atoms with Crippen molar-refractivity contribution in [2.24, 2.45) is 0 Å². The number of rotatable bonds is 5. The summed E-state index contributed by atoms with van der Waals surface area (Å²) in [5, 5.41) is 0. The van der Waals surface area contributed by atoms with Crippen LogP contribution in [0.25, 0.3) is 0 Å². The number of benzene rings is 1. The van der Waals surface area contributed by atoms with Gasteiger partial charge in [0, 0.05) is 38.3 Å². The molecule has 2 atom stereocenters. The second-order valence-electron chi connectivity index (χ2n) is 5.78. The standard InChI is InChI=1S/C16H22N2O2/c1-20-16(19)7-8-17-11-15-9-14(17)12-18(15)10-13-5-3-2-4-6-13/h2-6,14-15H,7-12H2,1H3/t14?,15-/m0/s1. The van der Waals surface area contributed by atoms with Crippen LogP contribution in [0.15, 0.2) is 30.3 Å². The van der Waals surface area contributed by atoms with E-state index in [1.54, 1.807) is 0 Å². The number of ether oxygens (including phenoxy) is 1. The lowest BCUT2D eigenvalue weighted by molar-refractivity contribution is -0.141. The number of carbonyl (C=O) groups is 1. The van der Waals surface area contributed by atoms with Gasteiger partial charge in [0.25, 0.3) is 0 Å². The van der Waals surface area contributed by atoms with Crippen molar-refractivity contribution < 1.29 is 9.53 Å². The lowest BCUT2D eigenvalue weighted by Gasteiger charge is -2.34. The highest BCUT2D eigenvalue weighted by molar-refractivity contribution is 5.69. The van der Waals surface area contributed by atoms with Gasteiger partial charge in [-0.2, -0.15) is 0 Å². The molecule has 2 aliphatic heterocycles. The Kier molecular flexibility index (Phi) is 4.03. The van der Waals surface area contributed by atoms with Gasteiger partial charge in [0.05, 0.1) is 13.5 Å². The zero-order valence-electron chi connectivity index (χ0n) is 12.0. The molecule has 2 bridgehead atoms. The molecular weight excluding hydrogens is 252 g/mol. The maximum atomic E-state index is 11.2. The molecule has 0 radical (unpaired) electrons. The van der Waals surface area contributed by atoms with E-state index in [1.807, 2.05) is 0 Å². The zero-order chi connectivity index (χ0) is 13.9. The molecule has 20 heavy (non-hydrogen) atoms. The van der Waals surface area contributed by atoms with Crippen molar-refractivity contribution in [3.05, 3.63) is 35.9 Å². The molecule has 1 unspecified atom stereocenters. The fourth-order valence-electron chi connectivity index (χ4n) is 3.45. The Balaban J connectivity index is 1.50. The third kappa shape index (κ3) is 2.86. The number of fused-ring (bicyclic) bond motifs is 2. The van der Waals surface area contributed by atoms with Gasteiger partial charge in [0.15, 0.2) is 0 Å². The molecular formula is C16H22N2O2. The molecule has 0 aromatic heterocycles. The predicted molar refractivity (Wildman–Crippen MR) is 77.3 cm³/mol. The van der Waals surface area contributed by atoms with Crippen molar-refractivity contribution in [2.75, 3.05) is 26.7 Å². The molecule has 4 nitrogen and oxygen atoms in total. The highest BCUT2D eigenvalue weighted by atomic mass is 16.5. The Morgan fingerprint density at radius 1 is 1.20 bits per heavy atom. The Morgan fingerprint density at radius 2 is 1.90 bits per heavy atom. The summed E-state index contributed by atoms with van der Waals surface area (Å²) in [5.74, 6) is -0.103. The molecule has 0 saturated carbocycles. The van der Waals surface area contributed by atoms with Crippen LogP contribution in [-0.4, -0.2) is 54.6 Å². The Hall–Kier alpha value is -1.39. The lowest BCUT2D eigenvalue weighted by Crippen LogP contribution is -2.46. The van der Waals surface area contributed by atoms with Crippen LogP contribution in [0, 0.1) is 0 Å². The average molecular weight is 274 g/mol. The molecule has 2 saturated heterocycles. The molecule has 4 heteroatoms. The van der Waals surface area contributed by atoms with E-state index in [4.69, 9.17) is 4.74 Å². The van der Waals surface area contributed by atoms with E-state index in [-0.39, 0.29) is 5.97 Å². The number of hydrogen-bond acceptors (Lipinski definition) is 4. The number of carbonyl (C=O) groups excluding carboxylic acids is 1. The first kappa shape index (κ1) is 13.6. The van der Waals surface area contributed by atoms with E-state index in [9.17, 15) is 4.79 Å². The van der Waals surface area contributed by atoms with Crippen LogP contribution < -0.4 is 0 Å². The summed E-state index contributed by atoms with van der Waals surface area (Å²) in [6, 6.07) is 11.9. The van der Waals surface area contributed by atoms with Crippen LogP contribution >= 0.6 is 0 Å². The van der Waals surface area contributed by atoms with Gasteiger partial charge >= 0.3 is 5.97 Å². The first-order valence-corrected chi connectivity index (χ1v) is 7.35. The molecule has 1 aromatic carbocycles. The minimum absolute atomic E-state index is 0.103. The van der Waals surface area contributed by atoms with E-state index in [2.05, 4.69) is 40.1 Å². The van der Waals surface area contributed by atoms with E-state index < -0.39 is 0 Å². The Morgan fingerprint density at radius 3 is 2.55 bits per heavy atom. The summed E-state index contributed by atoms with van der Waals surface area (Å²) in [5.41, 5.74) is 1.39. The summed E-state index contributed by atoms with van der Waals surface area (Å²) in [4.78, 5) is 16.2. The van der Waals surface area contributed by atoms with E-state index >= 15 is 0 Å². The van der Waals surface area contributed by atoms with Crippen LogP contribution in [0.2, 0.25) is 0 Å². The maximum absolute atomic E-state index is 11.2. The number of esters is 1. The third-order valence-corrected chi connectivity index (χ3v) is 4.53. The number of hydrogen-bond donors (Lipinski definition) is 0. The first-order valence-electron chi connectivity index (χ1n) is 7.35. The first-order chi connectivity index (χ1) is 9.76. The Labute approximate surface area is 120 Å². The normalized spacial score (nSPS) is 26.1. The van der Waals surface area contributed by atoms with Crippen molar-refractivity contribution in [3.63, 3.8) is 0 Å². The summed E-state index contributed by atoms with van der Waals surface area (Å²) < 4.78 is 4.71. The van der Waals surface area contributed by atoms with Crippen LogP contribution in [0.4, 0.5) is 0 Å². The third-order valence-electron chi connectivity index (χ3n) is 4.53. The van der Waals surface area contributed by atoms with Crippen molar-refractivity contribution in [3.8, 4) is 0 Å². The quantitative estimate of drug-likeness (QED) is 0.762. The minimum Gasteiger partial charge on any atom is -0.469 e. The molecule has 2 heterocycles. The van der Waals surface area contributed by atoms with E-state index in [0.717, 1.165) is 26.2 Å².